The molecule has 0 saturated heterocycles. The third kappa shape index (κ3) is 3.56. The van der Waals surface area contributed by atoms with Gasteiger partial charge in [-0.2, -0.15) is 0 Å². The maximum atomic E-state index is 11.9. The first-order valence-corrected chi connectivity index (χ1v) is 5.96. The average Bonchev–Trinajstić information content (AvgIpc) is 2.27. The molecule has 3 N–H and O–H groups in total. The van der Waals surface area contributed by atoms with Gasteiger partial charge in [0.15, 0.2) is 0 Å². The van der Waals surface area contributed by atoms with Gasteiger partial charge in [0.1, 0.15) is 0 Å². The zero-order valence-electron chi connectivity index (χ0n) is 11.1. The number of carbonyl (C=O) groups is 1. The number of carbonyl (C=O) groups excluding carboxylic acids is 1. The first-order chi connectivity index (χ1) is 7.86. The summed E-state index contributed by atoms with van der Waals surface area (Å²) >= 11 is 0. The van der Waals surface area contributed by atoms with Crippen LogP contribution in [0.2, 0.25) is 0 Å². The molecule has 0 radical (unpaired) electrons. The normalized spacial score (nSPS) is 13.2. The molecule has 0 aliphatic heterocycles. The molecule has 1 atom stereocenters. The summed E-state index contributed by atoms with van der Waals surface area (Å²) in [5.74, 6) is -0.155. The molecule has 94 valence electrons. The van der Waals surface area contributed by atoms with Gasteiger partial charge in [0.2, 0.25) is 5.91 Å². The molecular weight excluding hydrogens is 212 g/mol. The second kappa shape index (κ2) is 5.32. The Morgan fingerprint density at radius 1 is 1.47 bits per heavy atom. The van der Waals surface area contributed by atoms with E-state index < -0.39 is 0 Å². The van der Waals surface area contributed by atoms with Crippen molar-refractivity contribution in [2.75, 3.05) is 6.54 Å². The molecule has 3 heteroatoms. The van der Waals surface area contributed by atoms with Crippen LogP contribution in [0.3, 0.4) is 0 Å². The quantitative estimate of drug-likeness (QED) is 0.836. The van der Waals surface area contributed by atoms with Crippen molar-refractivity contribution in [3.63, 3.8) is 0 Å². The van der Waals surface area contributed by atoms with Crippen LogP contribution < -0.4 is 11.1 Å². The molecule has 0 heterocycles. The van der Waals surface area contributed by atoms with Gasteiger partial charge in [-0.3, -0.25) is 4.79 Å². The molecule has 1 aromatic rings. The van der Waals surface area contributed by atoms with E-state index in [2.05, 4.69) is 11.4 Å². The highest BCUT2D eigenvalue weighted by Crippen LogP contribution is 2.21. The molecule has 3 nitrogen and oxygen atoms in total. The highest BCUT2D eigenvalue weighted by Gasteiger charge is 2.24. The Balaban J connectivity index is 2.85. The molecule has 0 aliphatic carbocycles. The van der Waals surface area contributed by atoms with Gasteiger partial charge in [-0.25, -0.2) is 0 Å². The van der Waals surface area contributed by atoms with E-state index in [1.165, 1.54) is 5.56 Å². The first kappa shape index (κ1) is 13.7. The van der Waals surface area contributed by atoms with E-state index in [1.807, 2.05) is 45.9 Å². The van der Waals surface area contributed by atoms with Gasteiger partial charge in [0.05, 0.1) is 5.54 Å². The van der Waals surface area contributed by atoms with Crippen molar-refractivity contribution in [1.82, 2.24) is 5.32 Å². The molecule has 17 heavy (non-hydrogen) atoms. The molecule has 1 aromatic carbocycles. The number of nitrogens with two attached hydrogens (primary N) is 1. The lowest BCUT2D eigenvalue weighted by molar-refractivity contribution is -0.125. The smallest absolute Gasteiger partial charge is 0.224 e. The standard InChI is InChI=1S/C14H22N2O/c1-10-6-5-7-12(8-10)14(3,4)16-13(17)11(2)9-15/h5-8,11H,9,15H2,1-4H3,(H,16,17). The number of aryl methyl sites for hydroxylation is 1. The number of hydrogen-bond acceptors (Lipinski definition) is 2. The second-order valence-electron chi connectivity index (χ2n) is 5.12. The summed E-state index contributed by atoms with van der Waals surface area (Å²) in [4.78, 5) is 11.9. The van der Waals surface area contributed by atoms with Crippen LogP contribution in [0, 0.1) is 12.8 Å². The predicted molar refractivity (Wildman–Crippen MR) is 70.6 cm³/mol. The van der Waals surface area contributed by atoms with Crippen LogP contribution in [0.1, 0.15) is 31.9 Å². The summed E-state index contributed by atoms with van der Waals surface area (Å²) in [7, 11) is 0. The molecule has 0 fully saturated rings. The van der Waals surface area contributed by atoms with Crippen LogP contribution in [0.15, 0.2) is 24.3 Å². The molecule has 1 unspecified atom stereocenters. The maximum Gasteiger partial charge on any atom is 0.224 e. The number of amides is 1. The largest absolute Gasteiger partial charge is 0.347 e. The fourth-order valence-electron chi connectivity index (χ4n) is 1.64. The topological polar surface area (TPSA) is 55.1 Å². The van der Waals surface area contributed by atoms with E-state index in [1.54, 1.807) is 0 Å². The molecule has 0 aliphatic rings. The monoisotopic (exact) mass is 234 g/mol. The van der Waals surface area contributed by atoms with E-state index in [-0.39, 0.29) is 17.4 Å². The Bertz CT molecular complexity index is 399. The highest BCUT2D eigenvalue weighted by atomic mass is 16.2. The SMILES string of the molecule is Cc1cccc(C(C)(C)NC(=O)C(C)CN)c1. The molecular formula is C14H22N2O. The summed E-state index contributed by atoms with van der Waals surface area (Å²) in [5.41, 5.74) is 7.42. The highest BCUT2D eigenvalue weighted by molar-refractivity contribution is 5.79. The summed E-state index contributed by atoms with van der Waals surface area (Å²) in [6, 6.07) is 8.17. The van der Waals surface area contributed by atoms with Crippen LogP contribution in [0.5, 0.6) is 0 Å². The molecule has 0 bridgehead atoms. The minimum Gasteiger partial charge on any atom is -0.347 e. The Kier molecular flexibility index (Phi) is 4.29. The number of hydrogen-bond donors (Lipinski definition) is 2. The lowest BCUT2D eigenvalue weighted by Crippen LogP contribution is -2.44. The van der Waals surface area contributed by atoms with Crippen LogP contribution in [0.4, 0.5) is 0 Å². The number of benzene rings is 1. The van der Waals surface area contributed by atoms with Crippen molar-refractivity contribution in [3.05, 3.63) is 35.4 Å². The Morgan fingerprint density at radius 3 is 2.65 bits per heavy atom. The zero-order chi connectivity index (χ0) is 13.1. The molecule has 1 amide bonds. The Morgan fingerprint density at radius 2 is 2.12 bits per heavy atom. The lowest BCUT2D eigenvalue weighted by atomic mass is 9.92. The minimum atomic E-state index is -0.369. The van der Waals surface area contributed by atoms with E-state index in [4.69, 9.17) is 5.73 Å². The fourth-order valence-corrected chi connectivity index (χ4v) is 1.64. The van der Waals surface area contributed by atoms with E-state index in [9.17, 15) is 4.79 Å². The van der Waals surface area contributed by atoms with Crippen LogP contribution in [-0.2, 0) is 10.3 Å². The fraction of sp³-hybridized carbons (Fsp3) is 0.500. The van der Waals surface area contributed by atoms with Crippen molar-refractivity contribution >= 4 is 5.91 Å². The van der Waals surface area contributed by atoms with Crippen LogP contribution in [0.25, 0.3) is 0 Å². The summed E-state index contributed by atoms with van der Waals surface area (Å²) in [5, 5.41) is 3.03. The summed E-state index contributed by atoms with van der Waals surface area (Å²) in [6.45, 7) is 8.26. The molecule has 1 rings (SSSR count). The summed E-state index contributed by atoms with van der Waals surface area (Å²) < 4.78 is 0. The van der Waals surface area contributed by atoms with Crippen molar-refractivity contribution in [2.45, 2.75) is 33.2 Å². The second-order valence-corrected chi connectivity index (χ2v) is 5.12. The Labute approximate surface area is 103 Å². The van der Waals surface area contributed by atoms with Gasteiger partial charge < -0.3 is 11.1 Å². The molecule has 0 aromatic heterocycles. The Hall–Kier alpha value is -1.35. The molecule has 0 spiro atoms. The number of rotatable bonds is 4. The van der Waals surface area contributed by atoms with Gasteiger partial charge in [-0.1, -0.05) is 36.8 Å². The van der Waals surface area contributed by atoms with Crippen molar-refractivity contribution in [3.8, 4) is 0 Å². The van der Waals surface area contributed by atoms with Crippen molar-refractivity contribution < 1.29 is 4.79 Å². The van der Waals surface area contributed by atoms with E-state index in [0.717, 1.165) is 5.56 Å². The zero-order valence-corrected chi connectivity index (χ0v) is 11.1. The minimum absolute atomic E-state index is 0.000920. The van der Waals surface area contributed by atoms with Gasteiger partial charge in [0.25, 0.3) is 0 Å². The summed E-state index contributed by atoms with van der Waals surface area (Å²) in [6.07, 6.45) is 0. The van der Waals surface area contributed by atoms with Crippen LogP contribution >= 0.6 is 0 Å². The van der Waals surface area contributed by atoms with Crippen molar-refractivity contribution in [2.24, 2.45) is 11.7 Å². The third-order valence-electron chi connectivity index (χ3n) is 2.98. The lowest BCUT2D eigenvalue weighted by Gasteiger charge is -2.28. The van der Waals surface area contributed by atoms with Gasteiger partial charge in [0, 0.05) is 12.5 Å². The van der Waals surface area contributed by atoms with Gasteiger partial charge in [-0.05, 0) is 26.3 Å². The van der Waals surface area contributed by atoms with E-state index in [0.29, 0.717) is 6.54 Å². The van der Waals surface area contributed by atoms with E-state index >= 15 is 0 Å². The average molecular weight is 234 g/mol. The van der Waals surface area contributed by atoms with Gasteiger partial charge in [-0.15, -0.1) is 0 Å². The predicted octanol–water partition coefficient (Wildman–Crippen LogP) is 1.94. The molecule has 0 saturated carbocycles. The third-order valence-corrected chi connectivity index (χ3v) is 2.98. The van der Waals surface area contributed by atoms with Gasteiger partial charge >= 0.3 is 0 Å². The van der Waals surface area contributed by atoms with Crippen molar-refractivity contribution in [1.29, 1.82) is 0 Å². The first-order valence-electron chi connectivity index (χ1n) is 5.96. The maximum absolute atomic E-state index is 11.9. The number of nitrogens with one attached hydrogen (secondary N) is 1. The van der Waals surface area contributed by atoms with Crippen LogP contribution in [-0.4, -0.2) is 12.5 Å².